The Balaban J connectivity index is 2.63. The maximum absolute atomic E-state index is 11.1. The Bertz CT molecular complexity index is 466. The molecule has 1 N–H and O–H groups in total. The summed E-state index contributed by atoms with van der Waals surface area (Å²) in [5.41, 5.74) is 1.10. The Morgan fingerprint density at radius 1 is 1.24 bits per heavy atom. The van der Waals surface area contributed by atoms with Crippen LogP contribution in [0, 0.1) is 5.41 Å². The molecule has 0 aliphatic carbocycles. The van der Waals surface area contributed by atoms with Crippen LogP contribution in [-0.2, 0) is 16.4 Å². The number of halogens is 1. The Kier molecular flexibility index (Phi) is 4.75. The fourth-order valence-electron chi connectivity index (χ4n) is 1.54. The molecule has 96 valence electrons. The van der Waals surface area contributed by atoms with E-state index in [2.05, 4.69) is 20.7 Å². The number of nitrogens with one attached hydrogen (secondary N) is 1. The first-order valence-electron chi connectivity index (χ1n) is 5.37. The first-order chi connectivity index (χ1) is 7.68. The van der Waals surface area contributed by atoms with Gasteiger partial charge in [0.25, 0.3) is 0 Å². The molecule has 0 saturated heterocycles. The molecule has 0 saturated carbocycles. The van der Waals surface area contributed by atoms with Crippen molar-refractivity contribution < 1.29 is 8.42 Å². The van der Waals surface area contributed by atoms with Crippen LogP contribution in [0.4, 0.5) is 0 Å². The second kappa shape index (κ2) is 5.50. The number of hydrogen-bond acceptors (Lipinski definition) is 2. The van der Waals surface area contributed by atoms with Crippen molar-refractivity contribution in [3.05, 3.63) is 34.3 Å². The largest absolute Gasteiger partial charge is 0.215 e. The van der Waals surface area contributed by atoms with Gasteiger partial charge in [0, 0.05) is 11.0 Å². The van der Waals surface area contributed by atoms with Gasteiger partial charge in [-0.25, -0.2) is 13.1 Å². The summed E-state index contributed by atoms with van der Waals surface area (Å²) in [5.74, 6) is 0. The zero-order valence-corrected chi connectivity index (χ0v) is 12.7. The van der Waals surface area contributed by atoms with Gasteiger partial charge in [0.1, 0.15) is 0 Å². The predicted octanol–water partition coefficient (Wildman–Crippen LogP) is 2.57. The lowest BCUT2D eigenvalue weighted by atomic mass is 9.86. The fraction of sp³-hybridized carbons (Fsp3) is 0.500. The van der Waals surface area contributed by atoms with Crippen LogP contribution in [0.1, 0.15) is 19.4 Å². The molecule has 0 fully saturated rings. The van der Waals surface area contributed by atoms with E-state index >= 15 is 0 Å². The van der Waals surface area contributed by atoms with E-state index in [1.807, 2.05) is 38.1 Å². The smallest absolute Gasteiger partial charge is 0.208 e. The van der Waals surface area contributed by atoms with Crippen LogP contribution in [0.25, 0.3) is 0 Å². The number of hydrogen-bond donors (Lipinski definition) is 1. The number of sulfonamides is 1. The monoisotopic (exact) mass is 319 g/mol. The van der Waals surface area contributed by atoms with E-state index in [-0.39, 0.29) is 5.41 Å². The first kappa shape index (κ1) is 14.7. The lowest BCUT2D eigenvalue weighted by molar-refractivity contribution is 0.361. The maximum atomic E-state index is 11.1. The van der Waals surface area contributed by atoms with Crippen LogP contribution in [0.5, 0.6) is 0 Å². The SMILES string of the molecule is CC(C)(CNS(C)(=O)=O)Cc1ccc(Br)cc1. The van der Waals surface area contributed by atoms with E-state index in [0.29, 0.717) is 6.54 Å². The van der Waals surface area contributed by atoms with E-state index in [1.54, 1.807) is 0 Å². The van der Waals surface area contributed by atoms with Crippen LogP contribution in [0.2, 0.25) is 0 Å². The van der Waals surface area contributed by atoms with Crippen LogP contribution in [0.15, 0.2) is 28.7 Å². The lowest BCUT2D eigenvalue weighted by Gasteiger charge is -2.24. The highest BCUT2D eigenvalue weighted by atomic mass is 79.9. The van der Waals surface area contributed by atoms with Gasteiger partial charge >= 0.3 is 0 Å². The molecule has 1 rings (SSSR count). The standard InChI is InChI=1S/C12H18BrNO2S/c1-12(2,9-14-17(3,15)16)8-10-4-6-11(13)7-5-10/h4-7,14H,8-9H2,1-3H3. The van der Waals surface area contributed by atoms with E-state index < -0.39 is 10.0 Å². The summed E-state index contributed by atoms with van der Waals surface area (Å²) in [6.07, 6.45) is 2.02. The van der Waals surface area contributed by atoms with Gasteiger partial charge in [-0.2, -0.15) is 0 Å². The summed E-state index contributed by atoms with van der Waals surface area (Å²) in [4.78, 5) is 0. The van der Waals surface area contributed by atoms with Crippen LogP contribution in [0.3, 0.4) is 0 Å². The van der Waals surface area contributed by atoms with Gasteiger partial charge < -0.3 is 0 Å². The second-order valence-electron chi connectivity index (χ2n) is 5.06. The molecule has 0 aromatic heterocycles. The number of rotatable bonds is 5. The topological polar surface area (TPSA) is 46.2 Å². The van der Waals surface area contributed by atoms with Gasteiger partial charge in [-0.1, -0.05) is 41.9 Å². The molecule has 0 atom stereocenters. The molecule has 1 aromatic rings. The first-order valence-corrected chi connectivity index (χ1v) is 8.05. The summed E-state index contributed by atoms with van der Waals surface area (Å²) >= 11 is 3.39. The van der Waals surface area contributed by atoms with Crippen LogP contribution in [-0.4, -0.2) is 21.2 Å². The van der Waals surface area contributed by atoms with Crippen LogP contribution < -0.4 is 4.72 Å². The third-order valence-electron chi connectivity index (χ3n) is 2.41. The minimum atomic E-state index is -3.11. The molecule has 0 radical (unpaired) electrons. The van der Waals surface area contributed by atoms with Gasteiger partial charge in [-0.05, 0) is 29.5 Å². The van der Waals surface area contributed by atoms with Crippen molar-refractivity contribution in [1.29, 1.82) is 0 Å². The van der Waals surface area contributed by atoms with Crippen molar-refractivity contribution in [3.8, 4) is 0 Å². The molecular formula is C12H18BrNO2S. The van der Waals surface area contributed by atoms with Crippen molar-refractivity contribution >= 4 is 26.0 Å². The van der Waals surface area contributed by atoms with Crippen LogP contribution >= 0.6 is 15.9 Å². The molecule has 5 heteroatoms. The summed E-state index contributed by atoms with van der Waals surface area (Å²) in [6, 6.07) is 8.09. The molecule has 0 aliphatic rings. The minimum absolute atomic E-state index is 0.100. The third kappa shape index (κ3) is 6.19. The van der Waals surface area contributed by atoms with Crippen molar-refractivity contribution in [2.75, 3.05) is 12.8 Å². The lowest BCUT2D eigenvalue weighted by Crippen LogP contribution is -2.34. The molecule has 0 amide bonds. The summed E-state index contributed by atoms with van der Waals surface area (Å²) < 4.78 is 25.7. The fourth-order valence-corrected chi connectivity index (χ4v) is 2.46. The molecule has 1 aromatic carbocycles. The van der Waals surface area contributed by atoms with Gasteiger partial charge in [-0.15, -0.1) is 0 Å². The highest BCUT2D eigenvalue weighted by Crippen LogP contribution is 2.22. The average molecular weight is 320 g/mol. The zero-order valence-electron chi connectivity index (χ0n) is 10.3. The Morgan fingerprint density at radius 3 is 2.24 bits per heavy atom. The van der Waals surface area contributed by atoms with E-state index in [9.17, 15) is 8.42 Å². The maximum Gasteiger partial charge on any atom is 0.208 e. The highest BCUT2D eigenvalue weighted by molar-refractivity contribution is 9.10. The van der Waals surface area contributed by atoms with Crippen molar-refractivity contribution in [3.63, 3.8) is 0 Å². The highest BCUT2D eigenvalue weighted by Gasteiger charge is 2.20. The molecule has 0 aliphatic heterocycles. The molecular weight excluding hydrogens is 302 g/mol. The van der Waals surface area contributed by atoms with E-state index in [0.717, 1.165) is 10.9 Å². The minimum Gasteiger partial charge on any atom is -0.215 e. The van der Waals surface area contributed by atoms with Crippen molar-refractivity contribution in [2.45, 2.75) is 20.3 Å². The number of benzene rings is 1. The van der Waals surface area contributed by atoms with Gasteiger partial charge in [0.2, 0.25) is 10.0 Å². The third-order valence-corrected chi connectivity index (χ3v) is 3.61. The summed E-state index contributed by atoms with van der Waals surface area (Å²) in [5, 5.41) is 0. The Morgan fingerprint density at radius 2 is 1.76 bits per heavy atom. The second-order valence-corrected chi connectivity index (χ2v) is 7.81. The quantitative estimate of drug-likeness (QED) is 0.906. The molecule has 0 heterocycles. The molecule has 0 bridgehead atoms. The molecule has 17 heavy (non-hydrogen) atoms. The summed E-state index contributed by atoms with van der Waals surface area (Å²) in [7, 11) is -3.11. The van der Waals surface area contributed by atoms with E-state index in [1.165, 1.54) is 11.8 Å². The van der Waals surface area contributed by atoms with E-state index in [4.69, 9.17) is 0 Å². The predicted molar refractivity (Wildman–Crippen MR) is 74.5 cm³/mol. The molecule has 3 nitrogen and oxygen atoms in total. The van der Waals surface area contributed by atoms with Gasteiger partial charge in [0.15, 0.2) is 0 Å². The van der Waals surface area contributed by atoms with Gasteiger partial charge in [0.05, 0.1) is 6.26 Å². The normalized spacial score (nSPS) is 12.7. The Hall–Kier alpha value is -0.390. The average Bonchev–Trinajstić information content (AvgIpc) is 2.18. The molecule has 0 spiro atoms. The molecule has 0 unspecified atom stereocenters. The van der Waals surface area contributed by atoms with Crippen molar-refractivity contribution in [1.82, 2.24) is 4.72 Å². The van der Waals surface area contributed by atoms with Gasteiger partial charge in [-0.3, -0.25) is 0 Å². The zero-order chi connectivity index (χ0) is 13.1. The Labute approximate surface area is 112 Å². The van der Waals surface area contributed by atoms with Crippen molar-refractivity contribution in [2.24, 2.45) is 5.41 Å². The summed E-state index contributed by atoms with van der Waals surface area (Å²) in [6.45, 7) is 4.54.